The van der Waals surface area contributed by atoms with Crippen molar-refractivity contribution in [3.63, 3.8) is 0 Å². The monoisotopic (exact) mass is 481 g/mol. The molecular weight excluding hydrogens is 449 g/mol. The van der Waals surface area contributed by atoms with Gasteiger partial charge in [-0.25, -0.2) is 9.18 Å². The first-order valence-corrected chi connectivity index (χ1v) is 11.5. The molecule has 0 saturated carbocycles. The Bertz CT molecular complexity index is 1080. The highest BCUT2D eigenvalue weighted by Crippen LogP contribution is 2.29. The second-order valence-corrected chi connectivity index (χ2v) is 9.93. The van der Waals surface area contributed by atoms with E-state index in [0.29, 0.717) is 23.0 Å². The molecule has 4 rings (SSSR count). The largest absolute Gasteiger partial charge is 1.00 e. The molecule has 1 aromatic carbocycles. The molecule has 0 aliphatic carbocycles. The molecule has 2 amide bonds. The molecule has 2 saturated heterocycles. The summed E-state index contributed by atoms with van der Waals surface area (Å²) in [5.41, 5.74) is 0.851. The molecule has 8 nitrogen and oxygen atoms in total. The van der Waals surface area contributed by atoms with Crippen molar-refractivity contribution in [3.8, 4) is 0 Å². The molecule has 10 heteroatoms. The number of nitrogens with one attached hydrogen (secondary N) is 3. The van der Waals surface area contributed by atoms with Crippen molar-refractivity contribution >= 4 is 22.8 Å². The third-order valence-electron chi connectivity index (χ3n) is 7.18. The Morgan fingerprint density at radius 1 is 1.21 bits per heavy atom. The van der Waals surface area contributed by atoms with Crippen LogP contribution in [-0.4, -0.2) is 66.0 Å². The molecule has 182 valence electrons. The van der Waals surface area contributed by atoms with Crippen molar-refractivity contribution < 1.29 is 31.3 Å². The molecule has 3 heterocycles. The quantitative estimate of drug-likeness (QED) is 0.459. The van der Waals surface area contributed by atoms with Gasteiger partial charge in [-0.15, -0.1) is 0 Å². The lowest BCUT2D eigenvalue weighted by atomic mass is 9.82. The van der Waals surface area contributed by atoms with Gasteiger partial charge in [0.05, 0.1) is 29.7 Å². The average Bonchev–Trinajstić information content (AvgIpc) is 3.07. The van der Waals surface area contributed by atoms with Crippen LogP contribution >= 0.6 is 0 Å². The molecule has 2 aromatic rings. The minimum absolute atomic E-state index is 0. The third kappa shape index (κ3) is 5.24. The van der Waals surface area contributed by atoms with Gasteiger partial charge in [-0.1, -0.05) is 13.8 Å². The van der Waals surface area contributed by atoms with Crippen LogP contribution < -0.4 is 28.3 Å². The summed E-state index contributed by atoms with van der Waals surface area (Å²) in [6, 6.07) is 2.59. The third-order valence-corrected chi connectivity index (χ3v) is 7.18. The van der Waals surface area contributed by atoms with Crippen LogP contribution in [0.5, 0.6) is 0 Å². The number of hydrogen-bond donors (Lipinski definition) is 3. The summed E-state index contributed by atoms with van der Waals surface area (Å²) >= 11 is 0. The summed E-state index contributed by atoms with van der Waals surface area (Å²) in [6.07, 6.45) is 3.55. The number of H-pyrrole nitrogens is 1. The van der Waals surface area contributed by atoms with Crippen LogP contribution in [0.3, 0.4) is 0 Å². The van der Waals surface area contributed by atoms with Crippen molar-refractivity contribution in [2.45, 2.75) is 45.6 Å². The van der Waals surface area contributed by atoms with E-state index >= 15 is 0 Å². The molecule has 2 fully saturated rings. The van der Waals surface area contributed by atoms with Crippen LogP contribution in [0, 0.1) is 11.2 Å². The zero-order chi connectivity index (χ0) is 23.0. The number of aromatic nitrogens is 2. The number of fused-ring (bicyclic) bond motifs is 1. The second-order valence-electron chi connectivity index (χ2n) is 9.93. The number of imidazole rings is 1. The first-order chi connectivity index (χ1) is 15.2. The van der Waals surface area contributed by atoms with Gasteiger partial charge < -0.3 is 32.5 Å². The van der Waals surface area contributed by atoms with Gasteiger partial charge in [0.1, 0.15) is 5.82 Å². The number of nitrogens with zero attached hydrogens (tertiary/aromatic N) is 2. The van der Waals surface area contributed by atoms with Crippen molar-refractivity contribution in [2.24, 2.45) is 5.41 Å². The van der Waals surface area contributed by atoms with E-state index in [0.717, 1.165) is 51.9 Å². The number of rotatable bonds is 4. The van der Waals surface area contributed by atoms with Crippen LogP contribution in [0.1, 0.15) is 55.9 Å². The van der Waals surface area contributed by atoms with Crippen LogP contribution in [0.15, 0.2) is 16.9 Å². The maximum Gasteiger partial charge on any atom is 0.326 e. The number of amides is 2. The van der Waals surface area contributed by atoms with Crippen LogP contribution in [0.2, 0.25) is 0 Å². The molecule has 33 heavy (non-hydrogen) atoms. The summed E-state index contributed by atoms with van der Waals surface area (Å²) < 4.78 is 16.1. The number of halogens is 2. The van der Waals surface area contributed by atoms with Gasteiger partial charge in [0.25, 0.3) is 11.8 Å². The predicted octanol–water partition coefficient (Wildman–Crippen LogP) is -2.30. The Hall–Kier alpha value is -2.39. The lowest BCUT2D eigenvalue weighted by Gasteiger charge is -2.37. The Balaban J connectivity index is 0.00000306. The number of likely N-dealkylation sites (tertiary alicyclic amines) is 2. The minimum Gasteiger partial charge on any atom is -1.00 e. The van der Waals surface area contributed by atoms with E-state index in [1.54, 1.807) is 4.57 Å². The highest BCUT2D eigenvalue weighted by Gasteiger charge is 2.32. The first-order valence-electron chi connectivity index (χ1n) is 11.5. The first kappa shape index (κ1) is 25.2. The zero-order valence-electron chi connectivity index (χ0n) is 19.5. The molecule has 0 spiro atoms. The Morgan fingerprint density at radius 2 is 1.85 bits per heavy atom. The summed E-state index contributed by atoms with van der Waals surface area (Å²) in [5, 5.41) is 2.41. The maximum atomic E-state index is 14.5. The van der Waals surface area contributed by atoms with E-state index in [-0.39, 0.29) is 35.6 Å². The molecule has 0 atom stereocenters. The van der Waals surface area contributed by atoms with E-state index in [2.05, 4.69) is 24.1 Å². The number of carbonyl (C=O) groups is 2. The van der Waals surface area contributed by atoms with E-state index in [4.69, 9.17) is 0 Å². The van der Waals surface area contributed by atoms with Crippen molar-refractivity contribution in [3.05, 3.63) is 34.0 Å². The van der Waals surface area contributed by atoms with Gasteiger partial charge in [0.15, 0.2) is 6.54 Å². The summed E-state index contributed by atoms with van der Waals surface area (Å²) in [6.45, 7) is 8.22. The fourth-order valence-corrected chi connectivity index (χ4v) is 4.95. The molecule has 2 aliphatic rings. The maximum absolute atomic E-state index is 14.5. The standard InChI is InChI=1S/C23H32FN5O3.ClH/c1-23(2)6-10-28(11-7-23)20(30)14-27-8-4-15(5-9-27)29-19-13-17(24)16(21(31)25-3)12-18(19)26-22(29)32;/h12-13,15H,4-11,14H2,1-3H3,(H,25,31)(H,26,32);1H. The van der Waals surface area contributed by atoms with Gasteiger partial charge in [-0.3, -0.25) is 14.2 Å². The Morgan fingerprint density at radius 3 is 2.45 bits per heavy atom. The molecule has 2 aliphatic heterocycles. The SMILES string of the molecule is CNC(=O)c1cc2[nH]c(=O)n(C3CC[NH+](CC(=O)N4CCC(C)(C)CC4)CC3)c2cc1F.[Cl-]. The van der Waals surface area contributed by atoms with E-state index < -0.39 is 11.7 Å². The van der Waals surface area contributed by atoms with Gasteiger partial charge >= 0.3 is 5.69 Å². The molecule has 0 bridgehead atoms. The molecule has 0 radical (unpaired) electrons. The summed E-state index contributed by atoms with van der Waals surface area (Å²) in [4.78, 5) is 43.2. The normalized spacial score (nSPS) is 22.6. The molecule has 1 aromatic heterocycles. The molecule has 3 N–H and O–H groups in total. The van der Waals surface area contributed by atoms with Crippen molar-refractivity contribution in [2.75, 3.05) is 39.8 Å². The fraction of sp³-hybridized carbons (Fsp3) is 0.609. The number of aromatic amines is 1. The second kappa shape index (κ2) is 9.85. The van der Waals surface area contributed by atoms with E-state index in [9.17, 15) is 18.8 Å². The summed E-state index contributed by atoms with van der Waals surface area (Å²) in [5.74, 6) is -0.971. The van der Waals surface area contributed by atoms with Gasteiger partial charge in [0.2, 0.25) is 0 Å². The molecular formula is C23H33ClFN5O3. The molecule has 0 unspecified atom stereocenters. The van der Waals surface area contributed by atoms with Crippen LogP contribution in [-0.2, 0) is 4.79 Å². The van der Waals surface area contributed by atoms with Crippen LogP contribution in [0.25, 0.3) is 11.0 Å². The lowest BCUT2D eigenvalue weighted by Crippen LogP contribution is -3.14. The topological polar surface area (TPSA) is 91.6 Å². The number of piperidine rings is 2. The predicted molar refractivity (Wildman–Crippen MR) is 119 cm³/mol. The Labute approximate surface area is 198 Å². The highest BCUT2D eigenvalue weighted by atomic mass is 35.5. The fourth-order valence-electron chi connectivity index (χ4n) is 4.95. The van der Waals surface area contributed by atoms with Crippen LogP contribution in [0.4, 0.5) is 4.39 Å². The van der Waals surface area contributed by atoms with Gasteiger partial charge in [-0.05, 0) is 24.3 Å². The minimum atomic E-state index is -0.650. The number of benzene rings is 1. The number of quaternary nitrogens is 1. The van der Waals surface area contributed by atoms with E-state index in [1.165, 1.54) is 24.1 Å². The van der Waals surface area contributed by atoms with E-state index in [1.807, 2.05) is 4.90 Å². The van der Waals surface area contributed by atoms with Gasteiger partial charge in [-0.2, -0.15) is 0 Å². The zero-order valence-corrected chi connectivity index (χ0v) is 20.2. The number of carbonyl (C=O) groups excluding carboxylic acids is 2. The smallest absolute Gasteiger partial charge is 0.326 e. The Kier molecular flexibility index (Phi) is 7.53. The summed E-state index contributed by atoms with van der Waals surface area (Å²) in [7, 11) is 1.44. The lowest BCUT2D eigenvalue weighted by molar-refractivity contribution is -0.898. The van der Waals surface area contributed by atoms with Gasteiger partial charge in [0, 0.05) is 45.1 Å². The van der Waals surface area contributed by atoms with Crippen molar-refractivity contribution in [1.82, 2.24) is 19.8 Å². The highest BCUT2D eigenvalue weighted by molar-refractivity contribution is 5.97. The number of hydrogen-bond acceptors (Lipinski definition) is 3. The van der Waals surface area contributed by atoms with Crippen molar-refractivity contribution in [1.29, 1.82) is 0 Å². The average molecular weight is 482 g/mol.